The molecule has 3 aliphatic heterocycles. The maximum atomic E-state index is 15.8. The van der Waals surface area contributed by atoms with Crippen molar-refractivity contribution >= 4 is 45.6 Å². The van der Waals surface area contributed by atoms with Gasteiger partial charge in [0, 0.05) is 68.5 Å². The van der Waals surface area contributed by atoms with E-state index in [1.165, 1.54) is 17.4 Å². The second kappa shape index (κ2) is 15.6. The number of hydrogen-bond donors (Lipinski definition) is 2. The fourth-order valence-corrected chi connectivity index (χ4v) is 8.42. The molecule has 5 heterocycles. The first-order valence-corrected chi connectivity index (χ1v) is 18.7. The molecule has 12 heteroatoms. The Morgan fingerprint density at radius 2 is 1.69 bits per heavy atom. The highest BCUT2D eigenvalue weighted by Gasteiger charge is 2.28. The number of fused-ring (bicyclic) bond motifs is 1. The van der Waals surface area contributed by atoms with Crippen LogP contribution in [0.1, 0.15) is 56.9 Å². The molecule has 3 aliphatic rings. The first kappa shape index (κ1) is 35.9. The number of ether oxygens (including phenoxy) is 1. The molecule has 2 N–H and O–H groups in total. The van der Waals surface area contributed by atoms with E-state index in [1.54, 1.807) is 44.9 Å². The average molecular weight is 729 g/mol. The lowest BCUT2D eigenvalue weighted by Crippen LogP contribution is -2.47. The zero-order valence-corrected chi connectivity index (χ0v) is 30.6. The van der Waals surface area contributed by atoms with Crippen molar-refractivity contribution in [3.63, 3.8) is 0 Å². The van der Waals surface area contributed by atoms with Crippen molar-refractivity contribution < 1.29 is 18.7 Å². The Morgan fingerprint density at radius 1 is 0.962 bits per heavy atom. The molecule has 10 nitrogen and oxygen atoms in total. The Balaban J connectivity index is 0.883. The largest absolute Gasteiger partial charge is 0.496 e. The van der Waals surface area contributed by atoms with Gasteiger partial charge in [0.2, 0.25) is 11.8 Å². The number of nitrogens with zero attached hydrogens (tertiary/aromatic N) is 4. The number of carbonyl (C=O) groups is 2. The van der Waals surface area contributed by atoms with Crippen LogP contribution in [-0.2, 0) is 23.2 Å². The topological polar surface area (TPSA) is 109 Å². The second-order valence-electron chi connectivity index (χ2n) is 14.6. The number of halogens is 2. The van der Waals surface area contributed by atoms with Gasteiger partial charge in [-0.3, -0.25) is 29.6 Å². The summed E-state index contributed by atoms with van der Waals surface area (Å²) in [5.74, 6) is 1.05. The van der Waals surface area contributed by atoms with E-state index in [9.17, 15) is 14.4 Å². The summed E-state index contributed by atoms with van der Waals surface area (Å²) in [6.07, 6.45) is 12.7. The molecule has 7 rings (SSSR count). The molecular weight excluding hydrogens is 683 g/mol. The van der Waals surface area contributed by atoms with E-state index in [0.29, 0.717) is 58.5 Å². The lowest BCUT2D eigenvalue weighted by Gasteiger charge is -2.36. The fourth-order valence-electron chi connectivity index (χ4n) is 8.12. The van der Waals surface area contributed by atoms with Gasteiger partial charge in [0.05, 0.1) is 23.2 Å². The van der Waals surface area contributed by atoms with E-state index < -0.39 is 6.04 Å². The fraction of sp³-hybridized carbons (Fsp3) is 0.450. The zero-order valence-electron chi connectivity index (χ0n) is 29.8. The minimum Gasteiger partial charge on any atom is -0.496 e. The first-order chi connectivity index (χ1) is 25.2. The van der Waals surface area contributed by atoms with Crippen LogP contribution in [0.15, 0.2) is 59.8 Å². The van der Waals surface area contributed by atoms with Crippen LogP contribution in [0.5, 0.6) is 5.75 Å². The predicted octanol–water partition coefficient (Wildman–Crippen LogP) is 6.53. The summed E-state index contributed by atoms with van der Waals surface area (Å²) < 4.78 is 23.0. The van der Waals surface area contributed by atoms with Gasteiger partial charge in [-0.25, -0.2) is 4.39 Å². The molecule has 0 bridgehead atoms. The Hall–Kier alpha value is -4.48. The third-order valence-electron chi connectivity index (χ3n) is 11.2. The number of aromatic nitrogens is 2. The van der Waals surface area contributed by atoms with Gasteiger partial charge in [-0.2, -0.15) is 0 Å². The summed E-state index contributed by atoms with van der Waals surface area (Å²) in [6.45, 7) is 4.28. The van der Waals surface area contributed by atoms with Crippen LogP contribution in [0, 0.1) is 17.7 Å². The van der Waals surface area contributed by atoms with Gasteiger partial charge in [0.25, 0.3) is 5.56 Å². The van der Waals surface area contributed by atoms with Gasteiger partial charge in [-0.1, -0.05) is 24.4 Å². The average Bonchev–Trinajstić information content (AvgIpc) is 3.15. The molecule has 274 valence electrons. The van der Waals surface area contributed by atoms with Gasteiger partial charge in [0.1, 0.15) is 17.6 Å². The number of amides is 2. The quantitative estimate of drug-likeness (QED) is 0.178. The van der Waals surface area contributed by atoms with E-state index in [2.05, 4.69) is 25.4 Å². The van der Waals surface area contributed by atoms with Gasteiger partial charge in [-0.15, -0.1) is 0 Å². The molecule has 3 fully saturated rings. The third-order valence-corrected chi connectivity index (χ3v) is 11.5. The van der Waals surface area contributed by atoms with Crippen molar-refractivity contribution in [2.75, 3.05) is 43.5 Å². The summed E-state index contributed by atoms with van der Waals surface area (Å²) in [4.78, 5) is 45.0. The molecule has 0 spiro atoms. The van der Waals surface area contributed by atoms with Gasteiger partial charge >= 0.3 is 0 Å². The lowest BCUT2D eigenvalue weighted by atomic mass is 9.85. The first-order valence-electron chi connectivity index (χ1n) is 18.3. The van der Waals surface area contributed by atoms with Crippen molar-refractivity contribution in [3.8, 4) is 16.9 Å². The maximum absolute atomic E-state index is 15.8. The number of methoxy groups -OCH3 is 1. The second-order valence-corrected chi connectivity index (χ2v) is 15.0. The molecule has 4 aromatic rings. The molecule has 0 aliphatic carbocycles. The van der Waals surface area contributed by atoms with Crippen LogP contribution in [0.25, 0.3) is 21.9 Å². The number of pyridine rings is 2. The van der Waals surface area contributed by atoms with E-state index in [4.69, 9.17) is 16.3 Å². The van der Waals surface area contributed by atoms with E-state index in [1.807, 2.05) is 24.3 Å². The molecule has 1 unspecified atom stereocenters. The van der Waals surface area contributed by atoms with E-state index >= 15 is 4.39 Å². The van der Waals surface area contributed by atoms with Gasteiger partial charge < -0.3 is 19.5 Å². The molecule has 0 saturated carbocycles. The monoisotopic (exact) mass is 728 g/mol. The molecule has 2 amide bonds. The van der Waals surface area contributed by atoms with Crippen LogP contribution in [0.4, 0.5) is 15.8 Å². The number of nitrogens with one attached hydrogen (secondary N) is 2. The smallest absolute Gasteiger partial charge is 0.259 e. The van der Waals surface area contributed by atoms with Gasteiger partial charge in [0.15, 0.2) is 0 Å². The van der Waals surface area contributed by atoms with Gasteiger partial charge in [-0.05, 0) is 104 Å². The number of likely N-dealkylation sites (tertiary alicyclic amines) is 1. The van der Waals surface area contributed by atoms with Crippen LogP contribution in [-0.4, -0.2) is 65.6 Å². The van der Waals surface area contributed by atoms with Crippen LogP contribution >= 0.6 is 11.6 Å². The van der Waals surface area contributed by atoms with E-state index in [0.717, 1.165) is 74.2 Å². The van der Waals surface area contributed by atoms with Crippen molar-refractivity contribution in [1.29, 1.82) is 0 Å². The molecule has 3 saturated heterocycles. The van der Waals surface area contributed by atoms with Crippen LogP contribution < -0.4 is 25.8 Å². The highest BCUT2D eigenvalue weighted by molar-refractivity contribution is 6.33. The molecule has 2 aromatic carbocycles. The van der Waals surface area contributed by atoms with Crippen LogP contribution in [0.2, 0.25) is 5.02 Å². The van der Waals surface area contributed by atoms with Crippen LogP contribution in [0.3, 0.4) is 0 Å². The predicted molar refractivity (Wildman–Crippen MR) is 202 cm³/mol. The molecule has 1 atom stereocenters. The van der Waals surface area contributed by atoms with Crippen molar-refractivity contribution in [2.24, 2.45) is 18.9 Å². The molecule has 52 heavy (non-hydrogen) atoms. The van der Waals surface area contributed by atoms with Crippen molar-refractivity contribution in [2.45, 2.75) is 64.0 Å². The highest BCUT2D eigenvalue weighted by atomic mass is 35.5. The Morgan fingerprint density at radius 3 is 2.38 bits per heavy atom. The number of piperidine rings is 3. The maximum Gasteiger partial charge on any atom is 0.259 e. The summed E-state index contributed by atoms with van der Waals surface area (Å²) in [5, 5.41) is 7.48. The Bertz CT molecular complexity index is 2020. The summed E-state index contributed by atoms with van der Waals surface area (Å²) in [6, 6.07) is 10.6. The molecule has 2 aromatic heterocycles. The lowest BCUT2D eigenvalue weighted by molar-refractivity contribution is -0.133. The Labute approximate surface area is 308 Å². The number of hydrogen-bond acceptors (Lipinski definition) is 8. The van der Waals surface area contributed by atoms with Crippen molar-refractivity contribution in [3.05, 3.63) is 81.7 Å². The summed E-state index contributed by atoms with van der Waals surface area (Å²) in [7, 11) is 3.27. The number of imide groups is 1. The standard InChI is InChI=1S/C40H46ClFN6O4/c1-46-23-31(29-9-14-43-22-30(29)40(46)51)27-19-34(42)32(37(20-27)52-2)24-47-15-10-25(11-16-47)3-4-26-12-17-48(18-13-26)36-7-5-28(21-33(36)41)44-35-6-8-38(49)45-39(35)50/h5,7,9,14,19-23,25-26,35,44H,3-4,6,8,10-13,15-18,24H2,1-2H3,(H,45,49,50). The SMILES string of the molecule is COc1cc(-c2cn(C)c(=O)c3cnccc23)cc(F)c1CN1CCC(CCC2CCN(c3ccc(NC4CCC(=O)NC4=O)cc3Cl)CC2)CC1. The summed E-state index contributed by atoms with van der Waals surface area (Å²) >= 11 is 6.71. The normalized spacial score (nSPS) is 19.2. The minimum absolute atomic E-state index is 0.141. The number of carbonyl (C=O) groups excluding carboxylic acids is 2. The number of benzene rings is 2. The van der Waals surface area contributed by atoms with E-state index in [-0.39, 0.29) is 23.2 Å². The molecule has 0 radical (unpaired) electrons. The number of aryl methyl sites for hydroxylation is 1. The Kier molecular flexibility index (Phi) is 10.8. The number of rotatable bonds is 10. The minimum atomic E-state index is -0.438. The summed E-state index contributed by atoms with van der Waals surface area (Å²) in [5.41, 5.74) is 3.63. The third kappa shape index (κ3) is 7.80. The van der Waals surface area contributed by atoms with Crippen molar-refractivity contribution in [1.82, 2.24) is 19.8 Å². The molecular formula is C40H46ClFN6O4. The number of anilines is 2. The zero-order chi connectivity index (χ0) is 36.4. The highest BCUT2D eigenvalue weighted by Crippen LogP contribution is 2.36.